The number of nitrogens with two attached hydrogens (primary N) is 1. The number of para-hydroxylation sites is 1. The molecular weight excluding hydrogens is 400 g/mol. The number of hydrogen-bond acceptors (Lipinski definition) is 5. The highest BCUT2D eigenvalue weighted by Gasteiger charge is 2.19. The lowest BCUT2D eigenvalue weighted by molar-refractivity contribution is -0.0366. The third kappa shape index (κ3) is 3.27. The standard InChI is InChI=1S/C25H24N6O/c26-18-6-5-7-20(15-18)30-23-9-2-1-8-21(23)25(29-30)28-19-11-12-22-17(14-19)16-27-31(22)24-10-3-4-13-32-24/h1-2,5-9,11-12,14-16,24H,3-4,10,13,26H2,(H,28,29). The molecule has 7 heteroatoms. The van der Waals surface area contributed by atoms with Crippen LogP contribution in [0, 0.1) is 0 Å². The Kier molecular flexibility index (Phi) is 4.54. The summed E-state index contributed by atoms with van der Waals surface area (Å²) < 4.78 is 9.84. The van der Waals surface area contributed by atoms with Crippen LogP contribution in [0.4, 0.5) is 17.2 Å². The Bertz CT molecular complexity index is 1410. The van der Waals surface area contributed by atoms with E-state index in [1.54, 1.807) is 0 Å². The van der Waals surface area contributed by atoms with Gasteiger partial charge < -0.3 is 15.8 Å². The smallest absolute Gasteiger partial charge is 0.160 e. The van der Waals surface area contributed by atoms with Crippen molar-refractivity contribution in [1.82, 2.24) is 19.6 Å². The van der Waals surface area contributed by atoms with E-state index in [2.05, 4.69) is 40.7 Å². The molecule has 1 aliphatic heterocycles. The molecule has 1 aliphatic rings. The van der Waals surface area contributed by atoms with Gasteiger partial charge in [-0.3, -0.25) is 0 Å². The highest BCUT2D eigenvalue weighted by Crippen LogP contribution is 2.31. The minimum Gasteiger partial charge on any atom is -0.399 e. The molecule has 1 fully saturated rings. The molecule has 0 radical (unpaired) electrons. The van der Waals surface area contributed by atoms with Crippen molar-refractivity contribution in [3.05, 3.63) is 72.9 Å². The summed E-state index contributed by atoms with van der Waals surface area (Å²) in [7, 11) is 0. The molecule has 1 saturated heterocycles. The maximum atomic E-state index is 6.01. The molecule has 6 rings (SSSR count). The summed E-state index contributed by atoms with van der Waals surface area (Å²) in [6.45, 7) is 0.800. The normalized spacial score (nSPS) is 16.6. The monoisotopic (exact) mass is 424 g/mol. The summed E-state index contributed by atoms with van der Waals surface area (Å²) in [4.78, 5) is 0. The van der Waals surface area contributed by atoms with Crippen molar-refractivity contribution in [2.75, 3.05) is 17.7 Å². The Labute approximate surface area is 185 Å². The predicted molar refractivity (Wildman–Crippen MR) is 127 cm³/mol. The molecule has 2 aromatic heterocycles. The van der Waals surface area contributed by atoms with E-state index in [9.17, 15) is 0 Å². The molecule has 0 bridgehead atoms. The lowest BCUT2D eigenvalue weighted by Crippen LogP contribution is -2.18. The third-order valence-corrected chi connectivity index (χ3v) is 5.99. The number of rotatable bonds is 4. The Hall–Kier alpha value is -3.84. The van der Waals surface area contributed by atoms with E-state index in [1.807, 2.05) is 52.0 Å². The number of nitrogen functional groups attached to an aromatic ring is 1. The van der Waals surface area contributed by atoms with Crippen LogP contribution in [0.25, 0.3) is 27.5 Å². The molecule has 32 heavy (non-hydrogen) atoms. The zero-order valence-corrected chi connectivity index (χ0v) is 17.6. The van der Waals surface area contributed by atoms with E-state index in [-0.39, 0.29) is 6.23 Å². The second-order valence-corrected chi connectivity index (χ2v) is 8.18. The van der Waals surface area contributed by atoms with Crippen LogP contribution in [-0.2, 0) is 4.74 Å². The third-order valence-electron chi connectivity index (χ3n) is 5.99. The predicted octanol–water partition coefficient (Wildman–Crippen LogP) is 5.40. The molecule has 0 spiro atoms. The largest absolute Gasteiger partial charge is 0.399 e. The van der Waals surface area contributed by atoms with E-state index < -0.39 is 0 Å². The zero-order valence-electron chi connectivity index (χ0n) is 17.6. The van der Waals surface area contributed by atoms with E-state index in [1.165, 1.54) is 6.42 Å². The fourth-order valence-electron chi connectivity index (χ4n) is 4.43. The molecule has 5 aromatic rings. The van der Waals surface area contributed by atoms with E-state index in [0.29, 0.717) is 5.69 Å². The first kappa shape index (κ1) is 18.9. The molecular formula is C25H24N6O. The molecule has 3 heterocycles. The van der Waals surface area contributed by atoms with Gasteiger partial charge in [0.15, 0.2) is 12.0 Å². The van der Waals surface area contributed by atoms with Crippen molar-refractivity contribution < 1.29 is 4.74 Å². The minimum absolute atomic E-state index is 0.0259. The highest BCUT2D eigenvalue weighted by atomic mass is 16.5. The van der Waals surface area contributed by atoms with Crippen LogP contribution in [0.5, 0.6) is 0 Å². The second kappa shape index (κ2) is 7.69. The number of hydrogen-bond donors (Lipinski definition) is 2. The molecule has 0 amide bonds. The van der Waals surface area contributed by atoms with Crippen molar-refractivity contribution in [2.45, 2.75) is 25.5 Å². The summed E-state index contributed by atoms with van der Waals surface area (Å²) >= 11 is 0. The molecule has 1 atom stereocenters. The summed E-state index contributed by atoms with van der Waals surface area (Å²) in [6.07, 6.45) is 5.23. The zero-order chi connectivity index (χ0) is 21.5. The number of fused-ring (bicyclic) bond motifs is 2. The van der Waals surface area contributed by atoms with Gasteiger partial charge in [-0.1, -0.05) is 18.2 Å². The number of aromatic nitrogens is 4. The van der Waals surface area contributed by atoms with Gasteiger partial charge in [0, 0.05) is 28.8 Å². The van der Waals surface area contributed by atoms with Gasteiger partial charge in [0.2, 0.25) is 0 Å². The summed E-state index contributed by atoms with van der Waals surface area (Å²) in [5, 5.41) is 15.1. The average molecular weight is 425 g/mol. The maximum Gasteiger partial charge on any atom is 0.160 e. The summed E-state index contributed by atoms with van der Waals surface area (Å²) in [5.74, 6) is 0.797. The number of anilines is 3. The topological polar surface area (TPSA) is 82.9 Å². The average Bonchev–Trinajstić information content (AvgIpc) is 3.41. The summed E-state index contributed by atoms with van der Waals surface area (Å²) in [5.41, 5.74) is 10.7. The lowest BCUT2D eigenvalue weighted by Gasteiger charge is -2.23. The van der Waals surface area contributed by atoms with Gasteiger partial charge in [-0.25, -0.2) is 9.36 Å². The van der Waals surface area contributed by atoms with Gasteiger partial charge in [-0.15, -0.1) is 5.10 Å². The molecule has 3 aromatic carbocycles. The molecule has 160 valence electrons. The maximum absolute atomic E-state index is 6.01. The van der Waals surface area contributed by atoms with E-state index in [0.717, 1.165) is 58.4 Å². The number of nitrogens with zero attached hydrogens (tertiary/aromatic N) is 4. The van der Waals surface area contributed by atoms with E-state index >= 15 is 0 Å². The van der Waals surface area contributed by atoms with Crippen LogP contribution >= 0.6 is 0 Å². The Morgan fingerprint density at radius 2 is 1.91 bits per heavy atom. The molecule has 3 N–H and O–H groups in total. The van der Waals surface area contributed by atoms with E-state index in [4.69, 9.17) is 15.6 Å². The molecule has 1 unspecified atom stereocenters. The Morgan fingerprint density at radius 3 is 2.78 bits per heavy atom. The van der Waals surface area contributed by atoms with Crippen molar-refractivity contribution in [3.8, 4) is 5.69 Å². The fraction of sp³-hybridized carbons (Fsp3) is 0.200. The highest BCUT2D eigenvalue weighted by molar-refractivity contribution is 5.94. The minimum atomic E-state index is 0.0259. The van der Waals surface area contributed by atoms with Crippen LogP contribution in [0.1, 0.15) is 25.5 Å². The fourth-order valence-corrected chi connectivity index (χ4v) is 4.43. The molecule has 0 saturated carbocycles. The van der Waals surface area contributed by atoms with Crippen molar-refractivity contribution in [1.29, 1.82) is 0 Å². The SMILES string of the molecule is Nc1cccc(-n2nc(Nc3ccc4c(cnn4C4CCCCO4)c3)c3ccccc32)c1. The van der Waals surface area contributed by atoms with Crippen molar-refractivity contribution in [3.63, 3.8) is 0 Å². The van der Waals surface area contributed by atoms with Crippen molar-refractivity contribution >= 4 is 39.0 Å². The first-order valence-electron chi connectivity index (χ1n) is 11.0. The molecule has 7 nitrogen and oxygen atoms in total. The van der Waals surface area contributed by atoms with Gasteiger partial charge >= 0.3 is 0 Å². The second-order valence-electron chi connectivity index (χ2n) is 8.18. The number of ether oxygens (including phenoxy) is 1. The van der Waals surface area contributed by atoms with Crippen molar-refractivity contribution in [2.24, 2.45) is 0 Å². The number of nitrogens with one attached hydrogen (secondary N) is 1. The van der Waals surface area contributed by atoms with Gasteiger partial charge in [-0.2, -0.15) is 5.10 Å². The number of benzene rings is 3. The van der Waals surface area contributed by atoms with Gasteiger partial charge in [-0.05, 0) is 67.8 Å². The Morgan fingerprint density at radius 1 is 0.969 bits per heavy atom. The first-order valence-corrected chi connectivity index (χ1v) is 11.0. The van der Waals surface area contributed by atoms with Crippen LogP contribution in [0.2, 0.25) is 0 Å². The van der Waals surface area contributed by atoms with Crippen LogP contribution in [0.3, 0.4) is 0 Å². The van der Waals surface area contributed by atoms with Crippen LogP contribution in [-0.4, -0.2) is 26.2 Å². The van der Waals surface area contributed by atoms with Gasteiger partial charge in [0.1, 0.15) is 0 Å². The van der Waals surface area contributed by atoms with Gasteiger partial charge in [0.05, 0.1) is 22.9 Å². The van der Waals surface area contributed by atoms with Crippen LogP contribution < -0.4 is 11.1 Å². The molecule has 0 aliphatic carbocycles. The lowest BCUT2D eigenvalue weighted by atomic mass is 10.2. The Balaban J connectivity index is 1.36. The van der Waals surface area contributed by atoms with Gasteiger partial charge in [0.25, 0.3) is 0 Å². The summed E-state index contributed by atoms with van der Waals surface area (Å²) in [6, 6.07) is 22.2. The first-order chi connectivity index (χ1) is 15.8. The quantitative estimate of drug-likeness (QED) is 0.378. The van der Waals surface area contributed by atoms with Crippen LogP contribution in [0.15, 0.2) is 72.9 Å².